The van der Waals surface area contributed by atoms with Gasteiger partial charge in [0.05, 0.1) is 5.38 Å². The molecule has 130 valence electrons. The average Bonchev–Trinajstić information content (AvgIpc) is 3.08. The van der Waals surface area contributed by atoms with Crippen molar-refractivity contribution in [3.05, 3.63) is 71.9 Å². The molecule has 0 aliphatic carbocycles. The van der Waals surface area contributed by atoms with E-state index in [2.05, 4.69) is 34.6 Å². The van der Waals surface area contributed by atoms with Gasteiger partial charge >= 0.3 is 0 Å². The van der Waals surface area contributed by atoms with Crippen LogP contribution in [0.2, 0.25) is 0 Å². The predicted molar refractivity (Wildman–Crippen MR) is 105 cm³/mol. The third-order valence-corrected chi connectivity index (χ3v) is 4.80. The first kappa shape index (κ1) is 17.7. The van der Waals surface area contributed by atoms with Gasteiger partial charge in [0.1, 0.15) is 0 Å². The number of ketones is 1. The second kappa shape index (κ2) is 8.84. The van der Waals surface area contributed by atoms with Crippen LogP contribution in [0.15, 0.2) is 60.8 Å². The van der Waals surface area contributed by atoms with Crippen molar-refractivity contribution in [2.75, 3.05) is 13.1 Å². The number of fused-ring (bicyclic) bond motifs is 1. The van der Waals surface area contributed by atoms with Crippen molar-refractivity contribution in [3.63, 3.8) is 0 Å². The molecule has 0 radical (unpaired) electrons. The number of carbonyl (C=O) groups is 1. The first-order valence-electron chi connectivity index (χ1n) is 8.75. The van der Waals surface area contributed by atoms with Crippen LogP contribution < -0.4 is 5.32 Å². The first-order chi connectivity index (χ1) is 12.3. The van der Waals surface area contributed by atoms with Crippen molar-refractivity contribution >= 4 is 28.3 Å². The fourth-order valence-electron chi connectivity index (χ4n) is 2.98. The van der Waals surface area contributed by atoms with Crippen LogP contribution in [-0.2, 0) is 6.42 Å². The van der Waals surface area contributed by atoms with Crippen LogP contribution >= 0.6 is 11.6 Å². The van der Waals surface area contributed by atoms with Crippen LogP contribution in [0.5, 0.6) is 0 Å². The molecule has 0 aliphatic heterocycles. The van der Waals surface area contributed by atoms with Gasteiger partial charge in [-0.05, 0) is 44.0 Å². The molecule has 1 unspecified atom stereocenters. The molecule has 25 heavy (non-hydrogen) atoms. The molecule has 0 fully saturated rings. The lowest BCUT2D eigenvalue weighted by molar-refractivity contribution is 0.0985. The van der Waals surface area contributed by atoms with Crippen LogP contribution in [0.25, 0.3) is 10.9 Å². The third-order valence-electron chi connectivity index (χ3n) is 4.38. The topological polar surface area (TPSA) is 44.9 Å². The molecular formula is C21H23ClN2O. The van der Waals surface area contributed by atoms with Crippen molar-refractivity contribution in [1.29, 1.82) is 0 Å². The Kier molecular flexibility index (Phi) is 6.26. The number of aromatic amines is 1. The van der Waals surface area contributed by atoms with Crippen molar-refractivity contribution in [1.82, 2.24) is 10.3 Å². The van der Waals surface area contributed by atoms with Crippen LogP contribution in [0, 0.1) is 0 Å². The van der Waals surface area contributed by atoms with Gasteiger partial charge in [0.15, 0.2) is 5.78 Å². The number of benzene rings is 2. The summed E-state index contributed by atoms with van der Waals surface area (Å²) in [6.07, 6.45) is 4.34. The number of alkyl halides is 1. The van der Waals surface area contributed by atoms with Crippen molar-refractivity contribution in [2.24, 2.45) is 0 Å². The number of halogens is 1. The summed E-state index contributed by atoms with van der Waals surface area (Å²) in [4.78, 5) is 15.7. The lowest BCUT2D eigenvalue weighted by atomic mass is 10.0. The molecule has 3 aromatic rings. The molecule has 1 heterocycles. The summed E-state index contributed by atoms with van der Waals surface area (Å²) in [5.41, 5.74) is 2.99. The SMILES string of the molecule is O=C(c1c[nH]c2ccccc12)C(Cl)CCCNCCc1ccccc1. The van der Waals surface area contributed by atoms with E-state index >= 15 is 0 Å². The Morgan fingerprint density at radius 1 is 1.04 bits per heavy atom. The van der Waals surface area contributed by atoms with Crippen molar-refractivity contribution in [2.45, 2.75) is 24.6 Å². The van der Waals surface area contributed by atoms with E-state index in [0.717, 1.165) is 36.8 Å². The zero-order chi connectivity index (χ0) is 17.5. The molecule has 0 saturated carbocycles. The summed E-state index contributed by atoms with van der Waals surface area (Å²) in [5, 5.41) is 3.88. The molecule has 0 bridgehead atoms. The van der Waals surface area contributed by atoms with E-state index in [4.69, 9.17) is 11.6 Å². The highest BCUT2D eigenvalue weighted by molar-refractivity contribution is 6.35. The largest absolute Gasteiger partial charge is 0.360 e. The number of aromatic nitrogens is 1. The number of rotatable bonds is 9. The summed E-state index contributed by atoms with van der Waals surface area (Å²) in [7, 11) is 0. The number of nitrogens with one attached hydrogen (secondary N) is 2. The second-order valence-corrected chi connectivity index (χ2v) is 6.73. The highest BCUT2D eigenvalue weighted by Crippen LogP contribution is 2.22. The first-order valence-corrected chi connectivity index (χ1v) is 9.18. The highest BCUT2D eigenvalue weighted by Gasteiger charge is 2.19. The monoisotopic (exact) mass is 354 g/mol. The molecule has 2 aromatic carbocycles. The van der Waals surface area contributed by atoms with E-state index in [1.807, 2.05) is 30.3 Å². The van der Waals surface area contributed by atoms with Gasteiger partial charge in [0.2, 0.25) is 0 Å². The van der Waals surface area contributed by atoms with E-state index < -0.39 is 5.38 Å². The van der Waals surface area contributed by atoms with Crippen LogP contribution in [0.3, 0.4) is 0 Å². The van der Waals surface area contributed by atoms with E-state index in [0.29, 0.717) is 12.0 Å². The molecule has 0 spiro atoms. The maximum Gasteiger partial charge on any atom is 0.182 e. The van der Waals surface area contributed by atoms with E-state index in [9.17, 15) is 4.79 Å². The molecule has 4 heteroatoms. The third kappa shape index (κ3) is 4.71. The average molecular weight is 355 g/mol. The fourth-order valence-corrected chi connectivity index (χ4v) is 3.26. The van der Waals surface area contributed by atoms with Gasteiger partial charge < -0.3 is 10.3 Å². The maximum absolute atomic E-state index is 12.6. The number of H-pyrrole nitrogens is 1. The van der Waals surface area contributed by atoms with Gasteiger partial charge in [-0.3, -0.25) is 4.79 Å². The van der Waals surface area contributed by atoms with Crippen molar-refractivity contribution in [3.8, 4) is 0 Å². The minimum absolute atomic E-state index is 0.00315. The Labute approximate surface area is 153 Å². The van der Waals surface area contributed by atoms with E-state index in [1.54, 1.807) is 6.20 Å². The molecule has 0 amide bonds. The lowest BCUT2D eigenvalue weighted by Crippen LogP contribution is -2.21. The number of carbonyl (C=O) groups excluding carboxylic acids is 1. The summed E-state index contributed by atoms with van der Waals surface area (Å²) in [6, 6.07) is 18.2. The molecule has 3 nitrogen and oxygen atoms in total. The summed E-state index contributed by atoms with van der Waals surface area (Å²) in [5.74, 6) is 0.00315. The molecule has 3 rings (SSSR count). The van der Waals surface area contributed by atoms with Gasteiger partial charge in [0.25, 0.3) is 0 Å². The quantitative estimate of drug-likeness (QED) is 0.336. The van der Waals surface area contributed by atoms with Gasteiger partial charge in [-0.15, -0.1) is 11.6 Å². The molecule has 1 atom stereocenters. The minimum atomic E-state index is -0.477. The molecule has 2 N–H and O–H groups in total. The maximum atomic E-state index is 12.6. The predicted octanol–water partition coefficient (Wildman–Crippen LogP) is 4.57. The lowest BCUT2D eigenvalue weighted by Gasteiger charge is -2.09. The van der Waals surface area contributed by atoms with E-state index in [-0.39, 0.29) is 5.78 Å². The summed E-state index contributed by atoms with van der Waals surface area (Å²) in [6.45, 7) is 1.81. The van der Waals surface area contributed by atoms with Crippen LogP contribution in [-0.4, -0.2) is 29.2 Å². The van der Waals surface area contributed by atoms with Gasteiger partial charge in [-0.2, -0.15) is 0 Å². The standard InChI is InChI=1S/C21H23ClN2O/c22-19(10-6-13-23-14-12-16-7-2-1-3-8-16)21(25)18-15-24-20-11-5-4-9-17(18)20/h1-5,7-9,11,15,19,23-24H,6,10,12-14H2. The Morgan fingerprint density at radius 2 is 1.80 bits per heavy atom. The smallest absolute Gasteiger partial charge is 0.182 e. The normalized spacial score (nSPS) is 12.4. The Morgan fingerprint density at radius 3 is 2.64 bits per heavy atom. The Hall–Kier alpha value is -2.10. The molecular weight excluding hydrogens is 332 g/mol. The highest BCUT2D eigenvalue weighted by atomic mass is 35.5. The molecule has 0 aliphatic rings. The Balaban J connectivity index is 1.40. The van der Waals surface area contributed by atoms with E-state index in [1.165, 1.54) is 5.56 Å². The number of para-hydroxylation sites is 1. The van der Waals surface area contributed by atoms with Crippen molar-refractivity contribution < 1.29 is 4.79 Å². The summed E-state index contributed by atoms with van der Waals surface area (Å²) < 4.78 is 0. The molecule has 1 aromatic heterocycles. The van der Waals surface area contributed by atoms with Crippen LogP contribution in [0.4, 0.5) is 0 Å². The van der Waals surface area contributed by atoms with Gasteiger partial charge in [-0.25, -0.2) is 0 Å². The fraction of sp³-hybridized carbons (Fsp3) is 0.286. The number of Topliss-reactive ketones (excluding diaryl/α,β-unsaturated/α-hetero) is 1. The zero-order valence-corrected chi connectivity index (χ0v) is 14.9. The van der Waals surface area contributed by atoms with Gasteiger partial charge in [0, 0.05) is 22.7 Å². The number of hydrogen-bond acceptors (Lipinski definition) is 2. The minimum Gasteiger partial charge on any atom is -0.360 e. The zero-order valence-electron chi connectivity index (χ0n) is 14.2. The second-order valence-electron chi connectivity index (χ2n) is 6.21. The molecule has 0 saturated heterocycles. The van der Waals surface area contributed by atoms with Gasteiger partial charge in [-0.1, -0.05) is 48.5 Å². The number of hydrogen-bond donors (Lipinski definition) is 2. The Bertz CT molecular complexity index is 813. The summed E-state index contributed by atoms with van der Waals surface area (Å²) >= 11 is 6.34. The van der Waals surface area contributed by atoms with Crippen LogP contribution in [0.1, 0.15) is 28.8 Å².